The van der Waals surface area contributed by atoms with Crippen molar-refractivity contribution in [3.05, 3.63) is 58.8 Å². The summed E-state index contributed by atoms with van der Waals surface area (Å²) >= 11 is 3.25. The first-order valence-corrected chi connectivity index (χ1v) is 11.5. The van der Waals surface area contributed by atoms with E-state index < -0.39 is 22.0 Å². The van der Waals surface area contributed by atoms with Crippen LogP contribution in [0.3, 0.4) is 0 Å². The number of nitrogens with two attached hydrogens (primary N) is 1. The van der Waals surface area contributed by atoms with Crippen molar-refractivity contribution in [2.24, 2.45) is 11.7 Å². The molecule has 3 rings (SSSR count). The van der Waals surface area contributed by atoms with E-state index in [2.05, 4.69) is 35.9 Å². The summed E-state index contributed by atoms with van der Waals surface area (Å²) in [5.74, 6) is 0.129. The second-order valence-electron chi connectivity index (χ2n) is 7.03. The van der Waals surface area contributed by atoms with Crippen molar-refractivity contribution in [1.29, 1.82) is 0 Å². The molecule has 1 heterocycles. The maximum Gasteiger partial charge on any atom is 0.242 e. The molecule has 2 aromatic carbocycles. The lowest BCUT2D eigenvalue weighted by Gasteiger charge is -2.21. The number of carbonyl (C=O) groups excluding carboxylic acids is 1. The molecule has 1 aromatic heterocycles. The van der Waals surface area contributed by atoms with Gasteiger partial charge in [-0.1, -0.05) is 38.1 Å². The molecule has 0 aliphatic carbocycles. The fraction of sp³-hybridized carbons (Fsp3) is 0.250. The lowest BCUT2D eigenvalue weighted by atomic mass is 10.0. The SMILES string of the molecule is CC(C)[C@H](Nc1nc(CNS(=O)(=O)c2ccccc2Br)nc2ccccc12)C(N)=O. The molecule has 1 atom stereocenters. The molecule has 0 fully saturated rings. The summed E-state index contributed by atoms with van der Waals surface area (Å²) in [6.07, 6.45) is 0. The lowest BCUT2D eigenvalue weighted by molar-refractivity contribution is -0.119. The van der Waals surface area contributed by atoms with Gasteiger partial charge >= 0.3 is 0 Å². The maximum atomic E-state index is 12.7. The molecule has 30 heavy (non-hydrogen) atoms. The molecule has 0 radical (unpaired) electrons. The zero-order valence-electron chi connectivity index (χ0n) is 16.5. The van der Waals surface area contributed by atoms with Crippen LogP contribution in [-0.4, -0.2) is 30.3 Å². The number of benzene rings is 2. The Balaban J connectivity index is 1.93. The van der Waals surface area contributed by atoms with E-state index in [4.69, 9.17) is 5.73 Å². The van der Waals surface area contributed by atoms with E-state index in [1.165, 1.54) is 6.07 Å². The second kappa shape index (κ2) is 9.07. The van der Waals surface area contributed by atoms with Crippen molar-refractivity contribution in [1.82, 2.24) is 14.7 Å². The summed E-state index contributed by atoms with van der Waals surface area (Å²) in [4.78, 5) is 20.9. The highest BCUT2D eigenvalue weighted by Crippen LogP contribution is 2.23. The first-order chi connectivity index (χ1) is 14.2. The molecule has 0 saturated carbocycles. The van der Waals surface area contributed by atoms with Crippen LogP contribution >= 0.6 is 15.9 Å². The fourth-order valence-corrected chi connectivity index (χ4v) is 4.91. The van der Waals surface area contributed by atoms with E-state index in [1.807, 2.05) is 32.0 Å². The largest absolute Gasteiger partial charge is 0.368 e. The molecule has 10 heteroatoms. The number of sulfonamides is 1. The minimum Gasteiger partial charge on any atom is -0.368 e. The first-order valence-electron chi connectivity index (χ1n) is 9.24. The number of aromatic nitrogens is 2. The van der Waals surface area contributed by atoms with Crippen molar-refractivity contribution >= 4 is 48.6 Å². The van der Waals surface area contributed by atoms with E-state index in [9.17, 15) is 13.2 Å². The summed E-state index contributed by atoms with van der Waals surface area (Å²) in [5, 5.41) is 3.80. The molecule has 1 amide bonds. The maximum absolute atomic E-state index is 12.7. The Bertz CT molecular complexity index is 1180. The Morgan fingerprint density at radius 2 is 1.77 bits per heavy atom. The Labute approximate surface area is 183 Å². The number of hydrogen-bond acceptors (Lipinski definition) is 6. The molecular formula is C20H22BrN5O3S. The van der Waals surface area contributed by atoms with Gasteiger partial charge in [-0.15, -0.1) is 0 Å². The number of carbonyl (C=O) groups is 1. The van der Waals surface area contributed by atoms with Crippen LogP contribution in [0, 0.1) is 5.92 Å². The van der Waals surface area contributed by atoms with Gasteiger partial charge in [-0.3, -0.25) is 4.79 Å². The van der Waals surface area contributed by atoms with E-state index in [0.717, 1.165) is 0 Å². The van der Waals surface area contributed by atoms with Gasteiger partial charge in [0.2, 0.25) is 15.9 Å². The number of nitrogens with one attached hydrogen (secondary N) is 2. The number of halogens is 1. The summed E-state index contributed by atoms with van der Waals surface area (Å²) in [6.45, 7) is 3.63. The molecule has 4 N–H and O–H groups in total. The van der Waals surface area contributed by atoms with Gasteiger partial charge in [0.15, 0.2) is 0 Å². The van der Waals surface area contributed by atoms with Gasteiger partial charge in [0.25, 0.3) is 0 Å². The molecule has 0 bridgehead atoms. The normalized spacial score (nSPS) is 12.8. The third-order valence-electron chi connectivity index (χ3n) is 4.46. The number of amides is 1. The van der Waals surface area contributed by atoms with Crippen molar-refractivity contribution in [2.45, 2.75) is 31.3 Å². The van der Waals surface area contributed by atoms with E-state index in [0.29, 0.717) is 21.2 Å². The molecular weight excluding hydrogens is 470 g/mol. The molecule has 0 unspecified atom stereocenters. The average molecular weight is 492 g/mol. The monoisotopic (exact) mass is 491 g/mol. The summed E-state index contributed by atoms with van der Waals surface area (Å²) in [6, 6.07) is 13.2. The average Bonchev–Trinajstić information content (AvgIpc) is 2.70. The standard InChI is InChI=1S/C20H22BrN5O3S/c1-12(2)18(19(22)27)26-20-13-7-3-5-9-15(13)24-17(25-20)11-23-30(28,29)16-10-6-4-8-14(16)21/h3-10,12,18,23H,11H2,1-2H3,(H2,22,27)(H,24,25,26)/t18-/m0/s1. The highest BCUT2D eigenvalue weighted by molar-refractivity contribution is 9.10. The molecule has 0 aliphatic heterocycles. The van der Waals surface area contributed by atoms with Crippen LogP contribution in [0.1, 0.15) is 19.7 Å². The molecule has 8 nitrogen and oxygen atoms in total. The van der Waals surface area contributed by atoms with Gasteiger partial charge in [-0.25, -0.2) is 23.1 Å². The number of nitrogens with zero attached hydrogens (tertiary/aromatic N) is 2. The minimum absolute atomic E-state index is 0.0615. The number of primary amides is 1. The number of anilines is 1. The third kappa shape index (κ3) is 4.94. The highest BCUT2D eigenvalue weighted by atomic mass is 79.9. The molecule has 0 saturated heterocycles. The van der Waals surface area contributed by atoms with Crippen LogP contribution in [-0.2, 0) is 21.4 Å². The zero-order valence-corrected chi connectivity index (χ0v) is 18.9. The van der Waals surface area contributed by atoms with Gasteiger partial charge in [-0.2, -0.15) is 0 Å². The van der Waals surface area contributed by atoms with Gasteiger partial charge in [0, 0.05) is 9.86 Å². The molecule has 158 valence electrons. The van der Waals surface area contributed by atoms with E-state index in [-0.39, 0.29) is 23.2 Å². The van der Waals surface area contributed by atoms with Crippen molar-refractivity contribution in [3.63, 3.8) is 0 Å². The predicted molar refractivity (Wildman–Crippen MR) is 119 cm³/mol. The highest BCUT2D eigenvalue weighted by Gasteiger charge is 2.22. The van der Waals surface area contributed by atoms with Crippen molar-refractivity contribution < 1.29 is 13.2 Å². The smallest absolute Gasteiger partial charge is 0.242 e. The zero-order chi connectivity index (χ0) is 21.9. The van der Waals surface area contributed by atoms with Gasteiger partial charge in [0.05, 0.1) is 17.0 Å². The fourth-order valence-electron chi connectivity index (χ4n) is 2.93. The van der Waals surface area contributed by atoms with Crippen LogP contribution in [0.5, 0.6) is 0 Å². The van der Waals surface area contributed by atoms with Crippen molar-refractivity contribution in [2.75, 3.05) is 5.32 Å². The number of hydrogen-bond donors (Lipinski definition) is 3. The van der Waals surface area contributed by atoms with Gasteiger partial charge < -0.3 is 11.1 Å². The summed E-state index contributed by atoms with van der Waals surface area (Å²) < 4.78 is 28.3. The molecule has 0 spiro atoms. The minimum atomic E-state index is -3.78. The van der Waals surface area contributed by atoms with Gasteiger partial charge in [-0.05, 0) is 46.1 Å². The number of fused-ring (bicyclic) bond motifs is 1. The van der Waals surface area contributed by atoms with E-state index >= 15 is 0 Å². The molecule has 0 aliphatic rings. The Hall–Kier alpha value is -2.56. The lowest BCUT2D eigenvalue weighted by Crippen LogP contribution is -2.40. The molecule has 3 aromatic rings. The second-order valence-corrected chi connectivity index (χ2v) is 9.62. The number of para-hydroxylation sites is 1. The van der Waals surface area contributed by atoms with Gasteiger partial charge in [0.1, 0.15) is 17.7 Å². The van der Waals surface area contributed by atoms with Crippen LogP contribution in [0.2, 0.25) is 0 Å². The first kappa shape index (κ1) is 22.1. The van der Waals surface area contributed by atoms with Crippen LogP contribution < -0.4 is 15.8 Å². The van der Waals surface area contributed by atoms with E-state index in [1.54, 1.807) is 24.3 Å². The summed E-state index contributed by atoms with van der Waals surface area (Å²) in [7, 11) is -3.78. The van der Waals surface area contributed by atoms with Crippen LogP contribution in [0.25, 0.3) is 10.9 Å². The topological polar surface area (TPSA) is 127 Å². The summed E-state index contributed by atoms with van der Waals surface area (Å²) in [5.41, 5.74) is 6.14. The Morgan fingerprint density at radius 1 is 1.10 bits per heavy atom. The Kier molecular flexibility index (Phi) is 6.69. The Morgan fingerprint density at radius 3 is 2.43 bits per heavy atom. The predicted octanol–water partition coefficient (Wildman–Crippen LogP) is 2.79. The van der Waals surface area contributed by atoms with Crippen LogP contribution in [0.4, 0.5) is 5.82 Å². The third-order valence-corrected chi connectivity index (χ3v) is 6.87. The van der Waals surface area contributed by atoms with Crippen molar-refractivity contribution in [3.8, 4) is 0 Å². The van der Waals surface area contributed by atoms with Crippen LogP contribution in [0.15, 0.2) is 57.9 Å². The number of rotatable bonds is 8. The quantitative estimate of drug-likeness (QED) is 0.444.